The lowest BCUT2D eigenvalue weighted by Gasteiger charge is -2.11. The first-order valence-electron chi connectivity index (χ1n) is 5.03. The van der Waals surface area contributed by atoms with Crippen molar-refractivity contribution in [3.05, 3.63) is 0 Å². The largest absolute Gasteiger partial charge is 0.480 e. The maximum absolute atomic E-state index is 10.7. The van der Waals surface area contributed by atoms with Gasteiger partial charge in [0, 0.05) is 13.1 Å². The monoisotopic (exact) mass is 216 g/mol. The number of rotatable bonds is 2. The Morgan fingerprint density at radius 2 is 1.33 bits per heavy atom. The first-order valence-corrected chi connectivity index (χ1v) is 5.03. The molecule has 1 aliphatic rings. The molecule has 0 unspecified atom stereocenters. The second-order valence-corrected chi connectivity index (χ2v) is 3.62. The summed E-state index contributed by atoms with van der Waals surface area (Å²) in [6.45, 7) is 0.946. The van der Waals surface area contributed by atoms with Crippen LogP contribution in [0.25, 0.3) is 0 Å². The Bertz CT molecular complexity index is 220. The maximum Gasteiger partial charge on any atom is 0.320 e. The molecule has 1 heterocycles. The van der Waals surface area contributed by atoms with Crippen LogP contribution in [0.4, 0.5) is 0 Å². The number of aliphatic carboxylic acids is 2. The molecule has 1 aliphatic heterocycles. The molecule has 0 aliphatic carbocycles. The highest BCUT2D eigenvalue weighted by molar-refractivity contribution is 5.74. The summed E-state index contributed by atoms with van der Waals surface area (Å²) in [6, 6.07) is -1.11. The molecule has 0 aromatic heterocycles. The standard InChI is InChI=1S/C9H16N2O4/c12-8(13)6-2-1-3-7(9(14)15)11-5-4-10-6/h6-7,10-11H,1-5H2,(H,12,13)(H,14,15)/t6-,7-/m1/s1. The smallest absolute Gasteiger partial charge is 0.320 e. The van der Waals surface area contributed by atoms with Crippen molar-refractivity contribution in [1.82, 2.24) is 10.6 Å². The number of carboxylic acids is 2. The minimum absolute atomic E-state index is 0.473. The molecule has 0 spiro atoms. The van der Waals surface area contributed by atoms with Crippen LogP contribution >= 0.6 is 0 Å². The second-order valence-electron chi connectivity index (χ2n) is 3.62. The highest BCUT2D eigenvalue weighted by Gasteiger charge is 2.22. The van der Waals surface area contributed by atoms with E-state index < -0.39 is 24.0 Å². The van der Waals surface area contributed by atoms with E-state index in [1.165, 1.54) is 0 Å². The lowest BCUT2D eigenvalue weighted by molar-refractivity contribution is -0.140. The summed E-state index contributed by atoms with van der Waals surface area (Å²) >= 11 is 0. The quantitative estimate of drug-likeness (QED) is 0.485. The van der Waals surface area contributed by atoms with E-state index >= 15 is 0 Å². The van der Waals surface area contributed by atoms with Crippen LogP contribution < -0.4 is 10.6 Å². The summed E-state index contributed by atoms with van der Waals surface area (Å²) in [6.07, 6.45) is 1.54. The second kappa shape index (κ2) is 5.67. The first kappa shape index (κ1) is 11.9. The average Bonchev–Trinajstić information content (AvgIpc) is 2.27. The van der Waals surface area contributed by atoms with Gasteiger partial charge in [-0.3, -0.25) is 9.59 Å². The Kier molecular flexibility index (Phi) is 4.51. The molecule has 0 aromatic rings. The Balaban J connectivity index is 2.48. The van der Waals surface area contributed by atoms with Crippen LogP contribution in [0.2, 0.25) is 0 Å². The molecule has 0 bridgehead atoms. The molecule has 6 nitrogen and oxygen atoms in total. The van der Waals surface area contributed by atoms with Gasteiger partial charge in [0.25, 0.3) is 0 Å². The van der Waals surface area contributed by atoms with Gasteiger partial charge in [-0.25, -0.2) is 0 Å². The molecule has 1 rings (SSSR count). The van der Waals surface area contributed by atoms with Gasteiger partial charge in [0.1, 0.15) is 12.1 Å². The van der Waals surface area contributed by atoms with Crippen molar-refractivity contribution in [3.8, 4) is 0 Å². The minimum atomic E-state index is -0.872. The van der Waals surface area contributed by atoms with E-state index in [0.29, 0.717) is 32.4 Å². The molecule has 0 radical (unpaired) electrons. The van der Waals surface area contributed by atoms with Crippen molar-refractivity contribution < 1.29 is 19.8 Å². The molecule has 2 atom stereocenters. The lowest BCUT2D eigenvalue weighted by atomic mass is 10.1. The van der Waals surface area contributed by atoms with E-state index in [-0.39, 0.29) is 0 Å². The Morgan fingerprint density at radius 1 is 0.933 bits per heavy atom. The summed E-state index contributed by atoms with van der Waals surface area (Å²) in [5.74, 6) is -1.74. The third-order valence-electron chi connectivity index (χ3n) is 2.49. The van der Waals surface area contributed by atoms with Crippen molar-refractivity contribution in [2.75, 3.05) is 13.1 Å². The van der Waals surface area contributed by atoms with Crippen LogP contribution in [-0.2, 0) is 9.59 Å². The van der Waals surface area contributed by atoms with Gasteiger partial charge in [-0.05, 0) is 19.3 Å². The van der Waals surface area contributed by atoms with Crippen LogP contribution in [0.1, 0.15) is 19.3 Å². The van der Waals surface area contributed by atoms with E-state index in [9.17, 15) is 9.59 Å². The van der Waals surface area contributed by atoms with Crippen molar-refractivity contribution in [3.63, 3.8) is 0 Å². The topological polar surface area (TPSA) is 98.7 Å². The highest BCUT2D eigenvalue weighted by Crippen LogP contribution is 2.06. The average molecular weight is 216 g/mol. The summed E-state index contributed by atoms with van der Waals surface area (Å²) < 4.78 is 0. The van der Waals surface area contributed by atoms with E-state index in [4.69, 9.17) is 10.2 Å². The predicted octanol–water partition coefficient (Wildman–Crippen LogP) is -0.744. The molecule has 0 aromatic carbocycles. The summed E-state index contributed by atoms with van der Waals surface area (Å²) in [5.41, 5.74) is 0. The molecule has 86 valence electrons. The zero-order chi connectivity index (χ0) is 11.3. The van der Waals surface area contributed by atoms with Crippen LogP contribution in [0.3, 0.4) is 0 Å². The van der Waals surface area contributed by atoms with Crippen LogP contribution in [0.15, 0.2) is 0 Å². The molecule has 1 saturated heterocycles. The number of hydrogen-bond acceptors (Lipinski definition) is 4. The summed E-state index contributed by atoms with van der Waals surface area (Å²) in [4.78, 5) is 21.5. The zero-order valence-electron chi connectivity index (χ0n) is 8.40. The lowest BCUT2D eigenvalue weighted by Crippen LogP contribution is -2.42. The number of hydrogen-bond donors (Lipinski definition) is 4. The molecule has 4 N–H and O–H groups in total. The number of carbonyl (C=O) groups is 2. The van der Waals surface area contributed by atoms with Gasteiger partial charge in [0.2, 0.25) is 0 Å². The van der Waals surface area contributed by atoms with E-state index in [2.05, 4.69) is 10.6 Å². The van der Waals surface area contributed by atoms with Crippen molar-refractivity contribution in [2.45, 2.75) is 31.3 Å². The predicted molar refractivity (Wildman–Crippen MR) is 52.7 cm³/mol. The van der Waals surface area contributed by atoms with Crippen molar-refractivity contribution >= 4 is 11.9 Å². The number of carboxylic acid groups (broad SMARTS) is 2. The molecule has 6 heteroatoms. The fourth-order valence-electron chi connectivity index (χ4n) is 1.64. The third-order valence-corrected chi connectivity index (χ3v) is 2.49. The SMILES string of the molecule is O=C(O)[C@H]1CCC[C@H](C(=O)O)NCCN1. The Morgan fingerprint density at radius 3 is 1.67 bits per heavy atom. The van der Waals surface area contributed by atoms with Gasteiger partial charge in [-0.2, -0.15) is 0 Å². The van der Waals surface area contributed by atoms with Crippen molar-refractivity contribution in [2.24, 2.45) is 0 Å². The molecule has 0 saturated carbocycles. The highest BCUT2D eigenvalue weighted by atomic mass is 16.4. The molecule has 15 heavy (non-hydrogen) atoms. The third kappa shape index (κ3) is 3.85. The van der Waals surface area contributed by atoms with Gasteiger partial charge in [0.15, 0.2) is 0 Å². The van der Waals surface area contributed by atoms with Gasteiger partial charge < -0.3 is 20.8 Å². The Hall–Kier alpha value is -1.14. The fraction of sp³-hybridized carbons (Fsp3) is 0.778. The first-order chi connectivity index (χ1) is 7.11. The van der Waals surface area contributed by atoms with Gasteiger partial charge >= 0.3 is 11.9 Å². The Labute approximate surface area is 87.7 Å². The minimum Gasteiger partial charge on any atom is -0.480 e. The van der Waals surface area contributed by atoms with Crippen LogP contribution in [-0.4, -0.2) is 47.3 Å². The summed E-state index contributed by atoms with van der Waals surface area (Å²) in [7, 11) is 0. The normalized spacial score (nSPS) is 28.5. The van der Waals surface area contributed by atoms with Gasteiger partial charge in [-0.1, -0.05) is 0 Å². The van der Waals surface area contributed by atoms with Crippen LogP contribution in [0, 0.1) is 0 Å². The maximum atomic E-state index is 10.7. The zero-order valence-corrected chi connectivity index (χ0v) is 8.40. The number of nitrogens with one attached hydrogen (secondary N) is 2. The van der Waals surface area contributed by atoms with E-state index in [1.807, 2.05) is 0 Å². The van der Waals surface area contributed by atoms with E-state index in [1.54, 1.807) is 0 Å². The van der Waals surface area contributed by atoms with Gasteiger partial charge in [-0.15, -0.1) is 0 Å². The fourth-order valence-corrected chi connectivity index (χ4v) is 1.64. The molecule has 0 amide bonds. The van der Waals surface area contributed by atoms with Crippen molar-refractivity contribution in [1.29, 1.82) is 0 Å². The molecular weight excluding hydrogens is 200 g/mol. The summed E-state index contributed by atoms with van der Waals surface area (Å²) in [5, 5.41) is 23.4. The van der Waals surface area contributed by atoms with Crippen LogP contribution in [0.5, 0.6) is 0 Å². The molecular formula is C9H16N2O4. The molecule has 1 fully saturated rings. The van der Waals surface area contributed by atoms with E-state index in [0.717, 1.165) is 0 Å². The van der Waals surface area contributed by atoms with Gasteiger partial charge in [0.05, 0.1) is 0 Å².